The van der Waals surface area contributed by atoms with Gasteiger partial charge in [-0.15, -0.1) is 0 Å². The number of anilines is 1. The lowest BCUT2D eigenvalue weighted by molar-refractivity contribution is 0.106. The largest absolute Gasteiger partial charge is 0.329 e. The average Bonchev–Trinajstić information content (AvgIpc) is 2.90. The second kappa shape index (κ2) is 6.07. The van der Waals surface area contributed by atoms with E-state index in [-0.39, 0.29) is 16.6 Å². The molecule has 0 unspecified atom stereocenters. The first kappa shape index (κ1) is 15.4. The lowest BCUT2D eigenvalue weighted by Crippen LogP contribution is -2.26. The van der Waals surface area contributed by atoms with Gasteiger partial charge in [0.1, 0.15) is 11.5 Å². The third-order valence-corrected chi connectivity index (χ3v) is 4.20. The Bertz CT molecular complexity index is 1060. The molecule has 0 spiro atoms. The van der Waals surface area contributed by atoms with Crippen molar-refractivity contribution >= 4 is 45.3 Å². The highest BCUT2D eigenvalue weighted by atomic mass is 32.1. The van der Waals surface area contributed by atoms with Crippen molar-refractivity contribution < 1.29 is 9.18 Å². The van der Waals surface area contributed by atoms with Crippen molar-refractivity contribution in [3.63, 3.8) is 0 Å². The van der Waals surface area contributed by atoms with Crippen LogP contribution in [0.5, 0.6) is 0 Å². The first-order chi connectivity index (χ1) is 12.1. The number of benzene rings is 3. The van der Waals surface area contributed by atoms with Gasteiger partial charge in [0.2, 0.25) is 5.78 Å². The topological polar surface area (TPSA) is 53.5 Å². The van der Waals surface area contributed by atoms with Crippen LogP contribution >= 0.6 is 12.2 Å². The summed E-state index contributed by atoms with van der Waals surface area (Å²) in [6.07, 6.45) is 0. The number of para-hydroxylation sites is 1. The second-order valence-electron chi connectivity index (χ2n) is 5.54. The summed E-state index contributed by atoms with van der Waals surface area (Å²) in [4.78, 5) is 12.6. The molecule has 4 rings (SSSR count). The van der Waals surface area contributed by atoms with E-state index in [1.165, 1.54) is 6.07 Å². The zero-order chi connectivity index (χ0) is 17.4. The molecule has 0 heterocycles. The van der Waals surface area contributed by atoms with E-state index in [1.54, 1.807) is 24.3 Å². The summed E-state index contributed by atoms with van der Waals surface area (Å²) >= 11 is 5.13. The molecule has 3 aromatic rings. The van der Waals surface area contributed by atoms with Crippen LogP contribution in [0.1, 0.15) is 15.9 Å². The van der Waals surface area contributed by atoms with Gasteiger partial charge >= 0.3 is 0 Å². The van der Waals surface area contributed by atoms with Gasteiger partial charge < -0.3 is 5.32 Å². The highest BCUT2D eigenvalue weighted by Gasteiger charge is 2.28. The Morgan fingerprint density at radius 2 is 1.68 bits per heavy atom. The molecule has 0 fully saturated rings. The number of nitrogens with one attached hydrogen (secondary N) is 2. The highest BCUT2D eigenvalue weighted by molar-refractivity contribution is 7.80. The normalized spacial score (nSPS) is 14.1. The van der Waals surface area contributed by atoms with Crippen LogP contribution in [0, 0.1) is 5.82 Å². The van der Waals surface area contributed by atoms with Crippen LogP contribution in [0.15, 0.2) is 65.8 Å². The van der Waals surface area contributed by atoms with Gasteiger partial charge in [-0.25, -0.2) is 4.39 Å². The molecule has 2 N–H and O–H groups in total. The van der Waals surface area contributed by atoms with E-state index in [0.29, 0.717) is 11.3 Å². The molecule has 6 heteroatoms. The van der Waals surface area contributed by atoms with Crippen LogP contribution in [0.4, 0.5) is 10.1 Å². The molecule has 0 bridgehead atoms. The van der Waals surface area contributed by atoms with E-state index >= 15 is 0 Å². The lowest BCUT2D eigenvalue weighted by atomic mass is 10.1. The number of carbonyl (C=O) groups excluding carboxylic acids is 1. The van der Waals surface area contributed by atoms with Gasteiger partial charge in [0.25, 0.3) is 0 Å². The Balaban J connectivity index is 1.61. The number of hydrogen-bond donors (Lipinski definition) is 2. The summed E-state index contributed by atoms with van der Waals surface area (Å²) in [6.45, 7) is 0. The van der Waals surface area contributed by atoms with Gasteiger partial charge in [0, 0.05) is 16.5 Å². The summed E-state index contributed by atoms with van der Waals surface area (Å²) in [5.41, 5.74) is 4.55. The third kappa shape index (κ3) is 2.66. The predicted octanol–water partition coefficient (Wildman–Crippen LogP) is 3.87. The Morgan fingerprint density at radius 3 is 2.44 bits per heavy atom. The quantitative estimate of drug-likeness (QED) is 0.545. The highest BCUT2D eigenvalue weighted by Crippen LogP contribution is 2.30. The Kier molecular flexibility index (Phi) is 3.74. The summed E-state index contributed by atoms with van der Waals surface area (Å²) in [7, 11) is 0. The van der Waals surface area contributed by atoms with E-state index < -0.39 is 5.82 Å². The van der Waals surface area contributed by atoms with Gasteiger partial charge in [-0.1, -0.05) is 48.5 Å². The molecule has 0 atom stereocenters. The molecule has 25 heavy (non-hydrogen) atoms. The number of rotatable bonds is 2. The van der Waals surface area contributed by atoms with Crippen LogP contribution in [0.25, 0.3) is 10.8 Å². The van der Waals surface area contributed by atoms with Crippen molar-refractivity contribution in [3.05, 3.63) is 77.6 Å². The summed E-state index contributed by atoms with van der Waals surface area (Å²) in [5, 5.41) is 8.87. The molecule has 1 aliphatic rings. The standard InChI is InChI=1S/C19H12FN3OS/c20-14-9-1-2-10-15(14)21-19(25)23-22-17-12-7-3-5-11-6-4-8-13(16(11)12)18(17)24/h1-10H,(H2,21,23,25)/b22-17-. The van der Waals surface area contributed by atoms with E-state index in [9.17, 15) is 9.18 Å². The van der Waals surface area contributed by atoms with Crippen molar-refractivity contribution in [2.24, 2.45) is 5.10 Å². The summed E-state index contributed by atoms with van der Waals surface area (Å²) < 4.78 is 13.6. The van der Waals surface area contributed by atoms with Crippen LogP contribution in [-0.2, 0) is 0 Å². The first-order valence-electron chi connectivity index (χ1n) is 7.61. The SMILES string of the molecule is O=C1/C(=N\NC(=S)Nc2ccccc2F)c2cccc3cccc1c23. The number of hydrogen-bond acceptors (Lipinski definition) is 3. The molecule has 1 aliphatic carbocycles. The summed E-state index contributed by atoms with van der Waals surface area (Å²) in [6, 6.07) is 17.4. The Morgan fingerprint density at radius 1 is 0.960 bits per heavy atom. The number of nitrogens with zero attached hydrogens (tertiary/aromatic N) is 1. The predicted molar refractivity (Wildman–Crippen MR) is 101 cm³/mol. The van der Waals surface area contributed by atoms with Gasteiger partial charge in [-0.3, -0.25) is 10.2 Å². The number of hydrazone groups is 1. The van der Waals surface area contributed by atoms with Crippen molar-refractivity contribution in [2.75, 3.05) is 5.32 Å². The fraction of sp³-hybridized carbons (Fsp3) is 0. The van der Waals surface area contributed by atoms with Crippen molar-refractivity contribution in [1.82, 2.24) is 5.43 Å². The van der Waals surface area contributed by atoms with E-state index in [2.05, 4.69) is 15.8 Å². The molecule has 4 nitrogen and oxygen atoms in total. The molecular formula is C19H12FN3OS. The molecule has 3 aromatic carbocycles. The molecule has 122 valence electrons. The van der Waals surface area contributed by atoms with Gasteiger partial charge in [0.15, 0.2) is 5.11 Å². The van der Waals surface area contributed by atoms with Crippen molar-refractivity contribution in [3.8, 4) is 0 Å². The smallest absolute Gasteiger partial charge is 0.214 e. The van der Waals surface area contributed by atoms with Crippen molar-refractivity contribution in [1.29, 1.82) is 0 Å². The number of ketones is 1. The van der Waals surface area contributed by atoms with Crippen LogP contribution in [-0.4, -0.2) is 16.6 Å². The Hall–Kier alpha value is -3.12. The Labute approximate surface area is 148 Å². The first-order valence-corrected chi connectivity index (χ1v) is 8.02. The minimum absolute atomic E-state index is 0.105. The van der Waals surface area contributed by atoms with Crippen LogP contribution in [0.3, 0.4) is 0 Å². The minimum Gasteiger partial charge on any atom is -0.329 e. The zero-order valence-electron chi connectivity index (χ0n) is 12.9. The maximum Gasteiger partial charge on any atom is 0.214 e. The fourth-order valence-corrected chi connectivity index (χ4v) is 3.06. The number of carbonyl (C=O) groups is 1. The molecule has 0 amide bonds. The molecule has 0 saturated carbocycles. The molecule has 0 radical (unpaired) electrons. The number of Topliss-reactive ketones (excluding diaryl/α,β-unsaturated/α-hetero) is 1. The van der Waals surface area contributed by atoms with Crippen molar-refractivity contribution in [2.45, 2.75) is 0 Å². The van der Waals surface area contributed by atoms with Crippen LogP contribution < -0.4 is 10.7 Å². The monoisotopic (exact) mass is 349 g/mol. The van der Waals surface area contributed by atoms with Gasteiger partial charge in [0.05, 0.1) is 5.69 Å². The molecule has 0 saturated heterocycles. The lowest BCUT2D eigenvalue weighted by Gasteiger charge is -2.08. The minimum atomic E-state index is -0.423. The average molecular weight is 349 g/mol. The van der Waals surface area contributed by atoms with E-state index in [0.717, 1.165) is 16.3 Å². The number of halogens is 1. The van der Waals surface area contributed by atoms with E-state index in [1.807, 2.05) is 30.3 Å². The van der Waals surface area contributed by atoms with Gasteiger partial charge in [-0.2, -0.15) is 5.10 Å². The maximum atomic E-state index is 13.6. The fourth-order valence-electron chi connectivity index (χ4n) is 2.91. The number of thiocarbonyl (C=S) groups is 1. The summed E-state index contributed by atoms with van der Waals surface area (Å²) in [5.74, 6) is -0.582. The van der Waals surface area contributed by atoms with Gasteiger partial charge in [-0.05, 0) is 29.7 Å². The molecule has 0 aromatic heterocycles. The van der Waals surface area contributed by atoms with Crippen LogP contribution in [0.2, 0.25) is 0 Å². The zero-order valence-corrected chi connectivity index (χ0v) is 13.7. The maximum absolute atomic E-state index is 13.6. The van der Waals surface area contributed by atoms with E-state index in [4.69, 9.17) is 12.2 Å². The third-order valence-electron chi connectivity index (χ3n) is 4.01. The second-order valence-corrected chi connectivity index (χ2v) is 5.95. The molecule has 0 aliphatic heterocycles. The molecular weight excluding hydrogens is 337 g/mol.